The van der Waals surface area contributed by atoms with Crippen LogP contribution in [0, 0.1) is 0 Å². The Balaban J connectivity index is 1.82. The first-order valence-corrected chi connectivity index (χ1v) is 7.24. The monoisotopic (exact) mass is 316 g/mol. The number of benzene rings is 1. The summed E-state index contributed by atoms with van der Waals surface area (Å²) in [4.78, 5) is 25.6. The molecule has 0 fully saturated rings. The van der Waals surface area contributed by atoms with Crippen LogP contribution in [0.15, 0.2) is 47.1 Å². The molecular formula is C17H20N2O4. The topological polar surface area (TPSA) is 71.8 Å². The van der Waals surface area contributed by atoms with Gasteiger partial charge in [-0.25, -0.2) is 4.79 Å². The van der Waals surface area contributed by atoms with E-state index in [9.17, 15) is 9.59 Å². The Labute approximate surface area is 135 Å². The molecule has 6 heteroatoms. The molecule has 6 nitrogen and oxygen atoms in total. The van der Waals surface area contributed by atoms with Gasteiger partial charge in [-0.05, 0) is 43.3 Å². The predicted octanol–water partition coefficient (Wildman–Crippen LogP) is 2.38. The summed E-state index contributed by atoms with van der Waals surface area (Å²) in [5.74, 6) is -0.271. The molecule has 0 unspecified atom stereocenters. The normalized spacial score (nSPS) is 11.6. The number of amides is 1. The molecule has 1 heterocycles. The summed E-state index contributed by atoms with van der Waals surface area (Å²) >= 11 is 0. The highest BCUT2D eigenvalue weighted by Crippen LogP contribution is 2.13. The first-order chi connectivity index (χ1) is 11.0. The van der Waals surface area contributed by atoms with Crippen molar-refractivity contribution in [2.24, 2.45) is 0 Å². The van der Waals surface area contributed by atoms with Gasteiger partial charge >= 0.3 is 5.97 Å². The van der Waals surface area contributed by atoms with Gasteiger partial charge < -0.3 is 19.4 Å². The van der Waals surface area contributed by atoms with Crippen molar-refractivity contribution in [2.75, 3.05) is 25.6 Å². The number of anilines is 1. The van der Waals surface area contributed by atoms with Gasteiger partial charge in [0.05, 0.1) is 17.9 Å². The minimum atomic E-state index is -0.531. The summed E-state index contributed by atoms with van der Waals surface area (Å²) in [6.45, 7) is 1.46. The Kier molecular flexibility index (Phi) is 5.41. The van der Waals surface area contributed by atoms with Crippen LogP contribution in [0.5, 0.6) is 0 Å². The number of hydrogen-bond donors (Lipinski definition) is 1. The summed E-state index contributed by atoms with van der Waals surface area (Å²) in [7, 11) is 3.83. The van der Waals surface area contributed by atoms with E-state index in [0.717, 1.165) is 5.69 Å². The molecular weight excluding hydrogens is 296 g/mol. The van der Waals surface area contributed by atoms with Crippen LogP contribution in [0.1, 0.15) is 29.1 Å². The largest absolute Gasteiger partial charge is 0.467 e. The van der Waals surface area contributed by atoms with E-state index in [4.69, 9.17) is 9.15 Å². The Bertz CT molecular complexity index is 648. The molecule has 2 aromatic rings. The number of esters is 1. The van der Waals surface area contributed by atoms with Crippen LogP contribution in [0.4, 0.5) is 5.69 Å². The Hall–Kier alpha value is -2.76. The van der Waals surface area contributed by atoms with Crippen molar-refractivity contribution in [3.63, 3.8) is 0 Å². The molecule has 1 aromatic heterocycles. The molecule has 1 N–H and O–H groups in total. The summed E-state index contributed by atoms with van der Waals surface area (Å²) in [5, 5.41) is 2.70. The average molecular weight is 316 g/mol. The molecule has 2 rings (SSSR count). The van der Waals surface area contributed by atoms with E-state index >= 15 is 0 Å². The highest BCUT2D eigenvalue weighted by atomic mass is 16.5. The van der Waals surface area contributed by atoms with Gasteiger partial charge in [-0.2, -0.15) is 0 Å². The van der Waals surface area contributed by atoms with Crippen LogP contribution < -0.4 is 10.2 Å². The lowest BCUT2D eigenvalue weighted by Gasteiger charge is -2.13. The second-order valence-corrected chi connectivity index (χ2v) is 5.32. The quantitative estimate of drug-likeness (QED) is 0.829. The van der Waals surface area contributed by atoms with Gasteiger partial charge in [0.15, 0.2) is 6.61 Å². The zero-order chi connectivity index (χ0) is 16.8. The second-order valence-electron chi connectivity index (χ2n) is 5.32. The maximum Gasteiger partial charge on any atom is 0.338 e. The van der Waals surface area contributed by atoms with Crippen molar-refractivity contribution in [1.29, 1.82) is 0 Å². The fraction of sp³-hybridized carbons (Fsp3) is 0.294. The molecule has 0 saturated heterocycles. The van der Waals surface area contributed by atoms with E-state index in [0.29, 0.717) is 11.3 Å². The lowest BCUT2D eigenvalue weighted by Crippen LogP contribution is -2.31. The third-order valence-corrected chi connectivity index (χ3v) is 3.30. The smallest absolute Gasteiger partial charge is 0.338 e. The van der Waals surface area contributed by atoms with Gasteiger partial charge in [0.25, 0.3) is 5.91 Å². The Morgan fingerprint density at radius 3 is 2.48 bits per heavy atom. The second kappa shape index (κ2) is 7.49. The van der Waals surface area contributed by atoms with Crippen LogP contribution in [0.2, 0.25) is 0 Å². The molecule has 0 aliphatic heterocycles. The molecule has 0 aliphatic rings. The number of hydrogen-bond acceptors (Lipinski definition) is 5. The third kappa shape index (κ3) is 4.60. The first kappa shape index (κ1) is 16.6. The van der Waals surface area contributed by atoms with Crippen molar-refractivity contribution >= 4 is 17.6 Å². The van der Waals surface area contributed by atoms with Gasteiger partial charge in [0.1, 0.15) is 5.76 Å². The van der Waals surface area contributed by atoms with E-state index in [2.05, 4.69) is 5.32 Å². The standard InChI is InChI=1S/C17H20N2O4/c1-12(15-5-4-10-22-15)18-16(20)11-23-17(21)13-6-8-14(9-7-13)19(2)3/h4-10,12H,11H2,1-3H3,(H,18,20)/t12-/m0/s1. The maximum absolute atomic E-state index is 11.9. The summed E-state index contributed by atoms with van der Waals surface area (Å²) in [5.41, 5.74) is 1.38. The number of carbonyl (C=O) groups is 2. The average Bonchev–Trinajstić information content (AvgIpc) is 3.07. The van der Waals surface area contributed by atoms with E-state index in [-0.39, 0.29) is 18.6 Å². The molecule has 23 heavy (non-hydrogen) atoms. The Morgan fingerprint density at radius 2 is 1.91 bits per heavy atom. The molecule has 0 aliphatic carbocycles. The molecule has 1 amide bonds. The number of carbonyl (C=O) groups excluding carboxylic acids is 2. The van der Waals surface area contributed by atoms with Crippen LogP contribution in [0.25, 0.3) is 0 Å². The van der Waals surface area contributed by atoms with Gasteiger partial charge in [-0.3, -0.25) is 4.79 Å². The van der Waals surface area contributed by atoms with Crippen molar-refractivity contribution in [3.05, 3.63) is 54.0 Å². The lowest BCUT2D eigenvalue weighted by atomic mass is 10.2. The minimum Gasteiger partial charge on any atom is -0.467 e. The number of rotatable bonds is 6. The number of nitrogens with one attached hydrogen (secondary N) is 1. The van der Waals surface area contributed by atoms with Crippen molar-refractivity contribution in [2.45, 2.75) is 13.0 Å². The van der Waals surface area contributed by atoms with Crippen LogP contribution >= 0.6 is 0 Å². The highest BCUT2D eigenvalue weighted by Gasteiger charge is 2.14. The summed E-state index contributed by atoms with van der Waals surface area (Å²) in [6.07, 6.45) is 1.54. The van der Waals surface area contributed by atoms with E-state index in [1.807, 2.05) is 31.1 Å². The molecule has 122 valence electrons. The van der Waals surface area contributed by atoms with Gasteiger partial charge in [-0.15, -0.1) is 0 Å². The van der Waals surface area contributed by atoms with E-state index < -0.39 is 5.97 Å². The fourth-order valence-electron chi connectivity index (χ4n) is 2.00. The van der Waals surface area contributed by atoms with Crippen molar-refractivity contribution in [1.82, 2.24) is 5.32 Å². The summed E-state index contributed by atoms with van der Waals surface area (Å²) < 4.78 is 10.2. The van der Waals surface area contributed by atoms with Crippen LogP contribution in [0.3, 0.4) is 0 Å². The summed E-state index contributed by atoms with van der Waals surface area (Å²) in [6, 6.07) is 10.2. The van der Waals surface area contributed by atoms with Gasteiger partial charge in [0, 0.05) is 19.8 Å². The van der Waals surface area contributed by atoms with E-state index in [1.54, 1.807) is 31.2 Å². The molecule has 0 saturated carbocycles. The fourth-order valence-corrected chi connectivity index (χ4v) is 2.00. The van der Waals surface area contributed by atoms with E-state index in [1.165, 1.54) is 6.26 Å². The predicted molar refractivity (Wildman–Crippen MR) is 86.3 cm³/mol. The zero-order valence-corrected chi connectivity index (χ0v) is 13.4. The lowest BCUT2D eigenvalue weighted by molar-refractivity contribution is -0.125. The van der Waals surface area contributed by atoms with Crippen molar-refractivity contribution < 1.29 is 18.7 Å². The molecule has 0 radical (unpaired) electrons. The SMILES string of the molecule is C[C@H](NC(=O)COC(=O)c1ccc(N(C)C)cc1)c1ccco1. The minimum absolute atomic E-state index is 0.282. The number of ether oxygens (including phenoxy) is 1. The van der Waals surface area contributed by atoms with Gasteiger partial charge in [-0.1, -0.05) is 0 Å². The number of nitrogens with zero attached hydrogens (tertiary/aromatic N) is 1. The molecule has 0 spiro atoms. The molecule has 0 bridgehead atoms. The third-order valence-electron chi connectivity index (χ3n) is 3.30. The van der Waals surface area contributed by atoms with Gasteiger partial charge in [0.2, 0.25) is 0 Å². The highest BCUT2D eigenvalue weighted by molar-refractivity contribution is 5.91. The molecule has 1 atom stereocenters. The molecule has 1 aromatic carbocycles. The Morgan fingerprint density at radius 1 is 1.22 bits per heavy atom. The van der Waals surface area contributed by atoms with Crippen molar-refractivity contribution in [3.8, 4) is 0 Å². The first-order valence-electron chi connectivity index (χ1n) is 7.24. The maximum atomic E-state index is 11.9. The zero-order valence-electron chi connectivity index (χ0n) is 13.4. The van der Waals surface area contributed by atoms with Crippen LogP contribution in [-0.2, 0) is 9.53 Å². The van der Waals surface area contributed by atoms with Crippen LogP contribution in [-0.4, -0.2) is 32.6 Å². The number of furan rings is 1.